The lowest BCUT2D eigenvalue weighted by Crippen LogP contribution is -2.30. The number of hydrazine groups is 1. The summed E-state index contributed by atoms with van der Waals surface area (Å²) < 4.78 is 18.3. The van der Waals surface area contributed by atoms with E-state index in [4.69, 9.17) is 22.1 Å². The second-order valence-corrected chi connectivity index (χ2v) is 5.95. The van der Waals surface area contributed by atoms with Crippen LogP contribution in [0.2, 0.25) is 5.02 Å². The van der Waals surface area contributed by atoms with Crippen LogP contribution in [0.4, 0.5) is 27.4 Å². The molecule has 1 heterocycles. The van der Waals surface area contributed by atoms with Crippen molar-refractivity contribution in [2.24, 2.45) is 0 Å². The van der Waals surface area contributed by atoms with Crippen LogP contribution in [-0.2, 0) is 0 Å². The van der Waals surface area contributed by atoms with E-state index in [0.717, 1.165) is 0 Å². The monoisotopic (exact) mass is 402 g/mol. The predicted molar refractivity (Wildman–Crippen MR) is 105 cm³/mol. The molecule has 1 aromatic heterocycles. The summed E-state index contributed by atoms with van der Waals surface area (Å²) in [6.45, 7) is 0. The molecule has 8 nitrogen and oxygen atoms in total. The first-order valence-electron chi connectivity index (χ1n) is 8.01. The lowest BCUT2D eigenvalue weighted by atomic mass is 10.2. The summed E-state index contributed by atoms with van der Waals surface area (Å²) in [5.41, 5.74) is 12.3. The Labute approximate surface area is 164 Å². The molecule has 0 radical (unpaired) electrons. The van der Waals surface area contributed by atoms with Gasteiger partial charge in [0.05, 0.1) is 12.1 Å². The Morgan fingerprint density at radius 3 is 2.54 bits per heavy atom. The van der Waals surface area contributed by atoms with E-state index in [1.807, 2.05) is 0 Å². The number of carbonyl (C=O) groups excluding carboxylic acids is 1. The zero-order valence-electron chi connectivity index (χ0n) is 14.7. The molecule has 28 heavy (non-hydrogen) atoms. The highest BCUT2D eigenvalue weighted by Gasteiger charge is 2.11. The number of ether oxygens (including phenoxy) is 1. The zero-order valence-corrected chi connectivity index (χ0v) is 15.4. The van der Waals surface area contributed by atoms with Crippen molar-refractivity contribution in [3.05, 3.63) is 65.2 Å². The van der Waals surface area contributed by atoms with Gasteiger partial charge in [-0.1, -0.05) is 11.6 Å². The van der Waals surface area contributed by atoms with Crippen molar-refractivity contribution in [3.8, 4) is 5.75 Å². The molecule has 0 saturated carbocycles. The topological polar surface area (TPSA) is 114 Å². The third kappa shape index (κ3) is 4.38. The van der Waals surface area contributed by atoms with Crippen LogP contribution in [0.1, 0.15) is 10.4 Å². The molecule has 10 heteroatoms. The average Bonchev–Trinajstić information content (AvgIpc) is 2.71. The molecular weight excluding hydrogens is 387 g/mol. The SMILES string of the molecule is COc1ccc(C(=O)NNc2ncnc(Nc3ccc(F)c(Cl)c3)c2N)cc1. The zero-order chi connectivity index (χ0) is 20.1. The van der Waals surface area contributed by atoms with E-state index >= 15 is 0 Å². The molecule has 144 valence electrons. The maximum Gasteiger partial charge on any atom is 0.269 e. The molecule has 0 spiro atoms. The van der Waals surface area contributed by atoms with E-state index in [2.05, 4.69) is 26.1 Å². The smallest absolute Gasteiger partial charge is 0.269 e. The van der Waals surface area contributed by atoms with Crippen LogP contribution in [0.3, 0.4) is 0 Å². The lowest BCUT2D eigenvalue weighted by molar-refractivity contribution is 0.0962. The van der Waals surface area contributed by atoms with E-state index < -0.39 is 5.82 Å². The van der Waals surface area contributed by atoms with Crippen molar-refractivity contribution in [2.75, 3.05) is 23.6 Å². The first kappa shape index (κ1) is 19.2. The standard InChI is InChI=1S/C18H16ClFN6O2/c1-28-12-5-2-10(3-6-12)18(27)26-25-17-15(21)16(22-9-23-17)24-11-4-7-14(20)13(19)8-11/h2-9H,21H2,1H3,(H,26,27)(H2,22,23,24,25). The Hall–Kier alpha value is -3.59. The van der Waals surface area contributed by atoms with E-state index in [-0.39, 0.29) is 28.3 Å². The summed E-state index contributed by atoms with van der Waals surface area (Å²) in [5, 5.41) is 2.88. The van der Waals surface area contributed by atoms with Gasteiger partial charge in [0.25, 0.3) is 5.91 Å². The number of anilines is 4. The summed E-state index contributed by atoms with van der Waals surface area (Å²) in [7, 11) is 1.54. The minimum absolute atomic E-state index is 0.0391. The van der Waals surface area contributed by atoms with Crippen LogP contribution < -0.4 is 26.6 Å². The first-order chi connectivity index (χ1) is 13.5. The van der Waals surface area contributed by atoms with Gasteiger partial charge in [-0.2, -0.15) is 0 Å². The number of nitrogen functional groups attached to an aromatic ring is 1. The van der Waals surface area contributed by atoms with Crippen molar-refractivity contribution >= 4 is 40.5 Å². The van der Waals surface area contributed by atoms with Crippen molar-refractivity contribution in [3.63, 3.8) is 0 Å². The minimum Gasteiger partial charge on any atom is -0.497 e. The highest BCUT2D eigenvalue weighted by molar-refractivity contribution is 6.31. The minimum atomic E-state index is -0.536. The molecule has 0 aliphatic rings. The van der Waals surface area contributed by atoms with Crippen LogP contribution >= 0.6 is 11.6 Å². The Bertz CT molecular complexity index is 1000. The van der Waals surface area contributed by atoms with Crippen molar-refractivity contribution in [1.82, 2.24) is 15.4 Å². The van der Waals surface area contributed by atoms with Gasteiger partial charge < -0.3 is 15.8 Å². The molecule has 0 aliphatic heterocycles. The number of aromatic nitrogens is 2. The Morgan fingerprint density at radius 2 is 1.86 bits per heavy atom. The maximum absolute atomic E-state index is 13.3. The summed E-state index contributed by atoms with van der Waals surface area (Å²) >= 11 is 5.77. The van der Waals surface area contributed by atoms with E-state index in [0.29, 0.717) is 17.0 Å². The summed E-state index contributed by atoms with van der Waals surface area (Å²) in [6.07, 6.45) is 1.26. The second kappa shape index (κ2) is 8.40. The van der Waals surface area contributed by atoms with Gasteiger partial charge in [-0.15, -0.1) is 0 Å². The number of benzene rings is 2. The molecule has 1 amide bonds. The number of hydrogen-bond acceptors (Lipinski definition) is 7. The quantitative estimate of drug-likeness (QED) is 0.467. The van der Waals surface area contributed by atoms with Crippen LogP contribution in [0.15, 0.2) is 48.8 Å². The van der Waals surface area contributed by atoms with Gasteiger partial charge in [-0.3, -0.25) is 15.6 Å². The molecule has 5 N–H and O–H groups in total. The van der Waals surface area contributed by atoms with Crippen molar-refractivity contribution in [1.29, 1.82) is 0 Å². The third-order valence-electron chi connectivity index (χ3n) is 3.71. The van der Waals surface area contributed by atoms with Crippen LogP contribution in [0.25, 0.3) is 0 Å². The fourth-order valence-electron chi connectivity index (χ4n) is 2.24. The number of methoxy groups -OCH3 is 1. The average molecular weight is 403 g/mol. The normalized spacial score (nSPS) is 10.2. The molecule has 0 bridgehead atoms. The molecule has 0 atom stereocenters. The molecule has 0 fully saturated rings. The molecule has 0 unspecified atom stereocenters. The summed E-state index contributed by atoms with van der Waals surface area (Å²) in [5.74, 6) is 0.166. The number of rotatable bonds is 6. The van der Waals surface area contributed by atoms with Gasteiger partial charge in [0, 0.05) is 11.3 Å². The summed E-state index contributed by atoms with van der Waals surface area (Å²) in [4.78, 5) is 20.2. The van der Waals surface area contributed by atoms with Crippen LogP contribution in [0, 0.1) is 5.82 Å². The number of nitrogens with two attached hydrogens (primary N) is 1. The van der Waals surface area contributed by atoms with Gasteiger partial charge in [0.2, 0.25) is 0 Å². The van der Waals surface area contributed by atoms with Crippen LogP contribution in [-0.4, -0.2) is 23.0 Å². The Balaban J connectivity index is 1.69. The fraction of sp³-hybridized carbons (Fsp3) is 0.0556. The Morgan fingerprint density at radius 1 is 1.14 bits per heavy atom. The molecule has 0 aliphatic carbocycles. The van der Waals surface area contributed by atoms with Gasteiger partial charge in [-0.05, 0) is 42.5 Å². The predicted octanol–water partition coefficient (Wildman–Crippen LogP) is 3.36. The largest absolute Gasteiger partial charge is 0.497 e. The number of halogens is 2. The Kier molecular flexibility index (Phi) is 5.75. The molecule has 3 rings (SSSR count). The number of carbonyl (C=O) groups is 1. The van der Waals surface area contributed by atoms with Gasteiger partial charge in [-0.25, -0.2) is 14.4 Å². The number of nitrogens with zero attached hydrogens (tertiary/aromatic N) is 2. The second-order valence-electron chi connectivity index (χ2n) is 5.55. The molecule has 0 saturated heterocycles. The molecule has 2 aromatic carbocycles. The molecular formula is C18H16ClFN6O2. The first-order valence-corrected chi connectivity index (χ1v) is 8.38. The molecule has 3 aromatic rings. The lowest BCUT2D eigenvalue weighted by Gasteiger charge is -2.13. The highest BCUT2D eigenvalue weighted by Crippen LogP contribution is 2.27. The van der Waals surface area contributed by atoms with E-state index in [1.54, 1.807) is 31.4 Å². The van der Waals surface area contributed by atoms with Crippen molar-refractivity contribution in [2.45, 2.75) is 0 Å². The number of nitrogens with one attached hydrogen (secondary N) is 3. The highest BCUT2D eigenvalue weighted by atomic mass is 35.5. The summed E-state index contributed by atoms with van der Waals surface area (Å²) in [6, 6.07) is 10.7. The van der Waals surface area contributed by atoms with Crippen molar-refractivity contribution < 1.29 is 13.9 Å². The van der Waals surface area contributed by atoms with Crippen LogP contribution in [0.5, 0.6) is 5.75 Å². The number of amides is 1. The fourth-order valence-corrected chi connectivity index (χ4v) is 2.42. The van der Waals surface area contributed by atoms with Gasteiger partial charge in [0.1, 0.15) is 23.6 Å². The van der Waals surface area contributed by atoms with E-state index in [1.165, 1.54) is 24.5 Å². The van der Waals surface area contributed by atoms with Gasteiger partial charge >= 0.3 is 0 Å². The maximum atomic E-state index is 13.3. The third-order valence-corrected chi connectivity index (χ3v) is 4.00. The van der Waals surface area contributed by atoms with Gasteiger partial charge in [0.15, 0.2) is 11.6 Å². The number of hydrogen-bond donors (Lipinski definition) is 4. The van der Waals surface area contributed by atoms with E-state index in [9.17, 15) is 9.18 Å².